The summed E-state index contributed by atoms with van der Waals surface area (Å²) in [5.41, 5.74) is 0. The van der Waals surface area contributed by atoms with Gasteiger partial charge in [-0.3, -0.25) is 4.72 Å². The number of sulfonamides is 1. The van der Waals surface area contributed by atoms with Gasteiger partial charge in [-0.25, -0.2) is 18.4 Å². The maximum Gasteiger partial charge on any atom is 0.266 e. The highest BCUT2D eigenvalue weighted by Crippen LogP contribution is 2.35. The van der Waals surface area contributed by atoms with E-state index < -0.39 is 10.0 Å². The standard InChI is InChI=1S/C10H4Cl5N3O2S/c11-4-1-5(12)8(6(13)2-4)21(19,20)18-10-7(14)9(15)16-3-17-10/h1-3H,(H,16,17,18). The molecule has 0 unspecified atom stereocenters. The lowest BCUT2D eigenvalue weighted by molar-refractivity contribution is 0.601. The molecular weight excluding hydrogens is 403 g/mol. The summed E-state index contributed by atoms with van der Waals surface area (Å²) in [6.45, 7) is 0. The van der Waals surface area contributed by atoms with Gasteiger partial charge < -0.3 is 0 Å². The van der Waals surface area contributed by atoms with Gasteiger partial charge in [0, 0.05) is 5.02 Å². The Morgan fingerprint density at radius 3 is 2.10 bits per heavy atom. The van der Waals surface area contributed by atoms with Crippen molar-refractivity contribution in [2.45, 2.75) is 4.90 Å². The van der Waals surface area contributed by atoms with Crippen molar-refractivity contribution >= 4 is 73.8 Å². The lowest BCUT2D eigenvalue weighted by Gasteiger charge is -2.11. The SMILES string of the molecule is O=S(=O)(Nc1ncnc(Cl)c1Cl)c1c(Cl)cc(Cl)cc1Cl. The summed E-state index contributed by atoms with van der Waals surface area (Å²) in [4.78, 5) is 6.96. The average molecular weight is 407 g/mol. The molecule has 2 rings (SSSR count). The molecule has 112 valence electrons. The van der Waals surface area contributed by atoms with Crippen LogP contribution in [-0.2, 0) is 10.0 Å². The molecule has 0 bridgehead atoms. The van der Waals surface area contributed by atoms with Crippen molar-refractivity contribution in [3.8, 4) is 0 Å². The van der Waals surface area contributed by atoms with E-state index in [1.54, 1.807) is 0 Å². The highest BCUT2D eigenvalue weighted by Gasteiger charge is 2.24. The van der Waals surface area contributed by atoms with E-state index in [1.807, 2.05) is 0 Å². The van der Waals surface area contributed by atoms with E-state index >= 15 is 0 Å². The number of hydrogen-bond acceptors (Lipinski definition) is 4. The molecule has 1 aromatic heterocycles. The number of hydrogen-bond donors (Lipinski definition) is 1. The molecule has 0 saturated carbocycles. The molecule has 0 saturated heterocycles. The molecule has 1 N–H and O–H groups in total. The van der Waals surface area contributed by atoms with Crippen molar-refractivity contribution in [2.24, 2.45) is 0 Å². The zero-order valence-corrected chi connectivity index (χ0v) is 14.3. The van der Waals surface area contributed by atoms with Gasteiger partial charge in [0.2, 0.25) is 0 Å². The average Bonchev–Trinajstić information content (AvgIpc) is 2.33. The van der Waals surface area contributed by atoms with E-state index in [4.69, 9.17) is 58.0 Å². The second-order valence-corrected chi connectivity index (χ2v) is 7.24. The van der Waals surface area contributed by atoms with Gasteiger partial charge in [-0.2, -0.15) is 0 Å². The fraction of sp³-hybridized carbons (Fsp3) is 0. The van der Waals surface area contributed by atoms with Gasteiger partial charge >= 0.3 is 0 Å². The van der Waals surface area contributed by atoms with Crippen LogP contribution in [0.2, 0.25) is 25.2 Å². The number of halogens is 5. The maximum atomic E-state index is 12.3. The molecule has 2 aromatic rings. The molecule has 11 heteroatoms. The Kier molecular flexibility index (Phi) is 5.07. The summed E-state index contributed by atoms with van der Waals surface area (Å²) in [7, 11) is -4.14. The first kappa shape index (κ1) is 16.9. The minimum absolute atomic E-state index is 0.0994. The number of rotatable bonds is 3. The lowest BCUT2D eigenvalue weighted by Crippen LogP contribution is -2.15. The van der Waals surface area contributed by atoms with Crippen LogP contribution in [0.5, 0.6) is 0 Å². The zero-order valence-electron chi connectivity index (χ0n) is 9.74. The van der Waals surface area contributed by atoms with E-state index in [-0.39, 0.29) is 36.0 Å². The fourth-order valence-corrected chi connectivity index (χ4v) is 4.29. The predicted octanol–water partition coefficient (Wildman–Crippen LogP) is 4.54. The first-order valence-electron chi connectivity index (χ1n) is 5.05. The summed E-state index contributed by atoms with van der Waals surface area (Å²) < 4.78 is 26.8. The van der Waals surface area contributed by atoms with Gasteiger partial charge in [0.15, 0.2) is 11.0 Å². The molecule has 0 amide bonds. The molecular formula is C10H4Cl5N3O2S. The van der Waals surface area contributed by atoms with Crippen LogP contribution in [0.15, 0.2) is 23.4 Å². The predicted molar refractivity (Wildman–Crippen MR) is 84.3 cm³/mol. The molecule has 0 aliphatic carbocycles. The summed E-state index contributed by atoms with van der Waals surface area (Å²) in [5.74, 6) is -0.196. The van der Waals surface area contributed by atoms with E-state index in [1.165, 1.54) is 12.1 Å². The molecule has 21 heavy (non-hydrogen) atoms. The number of nitrogens with zero attached hydrogens (tertiary/aromatic N) is 2. The monoisotopic (exact) mass is 405 g/mol. The summed E-state index contributed by atoms with van der Waals surface area (Å²) in [6.07, 6.45) is 1.05. The van der Waals surface area contributed by atoms with Crippen molar-refractivity contribution in [1.29, 1.82) is 0 Å². The van der Waals surface area contributed by atoms with Crippen molar-refractivity contribution in [3.63, 3.8) is 0 Å². The van der Waals surface area contributed by atoms with Crippen LogP contribution in [0.3, 0.4) is 0 Å². The Balaban J connectivity index is 2.51. The Morgan fingerprint density at radius 2 is 1.52 bits per heavy atom. The Hall–Kier alpha value is -0.500. The normalized spacial score (nSPS) is 11.5. The molecule has 0 radical (unpaired) electrons. The summed E-state index contributed by atoms with van der Waals surface area (Å²) >= 11 is 29.0. The first-order chi connectivity index (χ1) is 9.72. The van der Waals surface area contributed by atoms with Gasteiger partial charge in [-0.1, -0.05) is 58.0 Å². The summed E-state index contributed by atoms with van der Waals surface area (Å²) in [5, 5.41) is -0.332. The topological polar surface area (TPSA) is 72.0 Å². The minimum Gasteiger partial charge on any atom is -0.262 e. The third-order valence-corrected chi connectivity index (χ3v) is 5.43. The molecule has 0 atom stereocenters. The number of benzene rings is 1. The first-order valence-corrected chi connectivity index (χ1v) is 8.43. The Bertz CT molecular complexity index is 789. The molecule has 5 nitrogen and oxygen atoms in total. The molecule has 1 aromatic carbocycles. The van der Waals surface area contributed by atoms with Gasteiger partial charge in [-0.15, -0.1) is 0 Å². The van der Waals surface area contributed by atoms with Crippen molar-refractivity contribution in [3.05, 3.63) is 43.7 Å². The fourth-order valence-electron chi connectivity index (χ4n) is 1.38. The van der Waals surface area contributed by atoms with Crippen molar-refractivity contribution < 1.29 is 8.42 Å². The second-order valence-electron chi connectivity index (χ2n) is 3.63. The Morgan fingerprint density at radius 1 is 0.952 bits per heavy atom. The summed E-state index contributed by atoms with van der Waals surface area (Å²) in [6, 6.07) is 2.50. The lowest BCUT2D eigenvalue weighted by atomic mass is 10.4. The van der Waals surface area contributed by atoms with E-state index in [0.717, 1.165) is 6.33 Å². The van der Waals surface area contributed by atoms with Crippen LogP contribution in [0.4, 0.5) is 5.82 Å². The molecule has 0 fully saturated rings. The molecule has 0 spiro atoms. The molecule has 0 aliphatic rings. The van der Waals surface area contributed by atoms with Gasteiger partial charge in [0.25, 0.3) is 10.0 Å². The number of aromatic nitrogens is 2. The van der Waals surface area contributed by atoms with Crippen LogP contribution in [0.25, 0.3) is 0 Å². The number of anilines is 1. The zero-order chi connectivity index (χ0) is 15.8. The van der Waals surface area contributed by atoms with E-state index in [0.29, 0.717) is 0 Å². The smallest absolute Gasteiger partial charge is 0.262 e. The van der Waals surface area contributed by atoms with Crippen LogP contribution in [-0.4, -0.2) is 18.4 Å². The van der Waals surface area contributed by atoms with E-state index in [9.17, 15) is 8.42 Å². The van der Waals surface area contributed by atoms with Crippen LogP contribution in [0.1, 0.15) is 0 Å². The van der Waals surface area contributed by atoms with Crippen LogP contribution < -0.4 is 4.72 Å². The third-order valence-electron chi connectivity index (χ3n) is 2.21. The maximum absolute atomic E-state index is 12.3. The Labute approximate surface area is 145 Å². The largest absolute Gasteiger partial charge is 0.266 e. The van der Waals surface area contributed by atoms with Crippen molar-refractivity contribution in [1.82, 2.24) is 9.97 Å². The van der Waals surface area contributed by atoms with Gasteiger partial charge in [-0.05, 0) is 12.1 Å². The molecule has 0 aliphatic heterocycles. The highest BCUT2D eigenvalue weighted by atomic mass is 35.5. The van der Waals surface area contributed by atoms with Crippen LogP contribution in [0, 0.1) is 0 Å². The second kappa shape index (κ2) is 6.32. The number of nitrogens with one attached hydrogen (secondary N) is 1. The molecule has 1 heterocycles. The van der Waals surface area contributed by atoms with E-state index in [2.05, 4.69) is 14.7 Å². The van der Waals surface area contributed by atoms with Crippen LogP contribution >= 0.6 is 58.0 Å². The third kappa shape index (κ3) is 3.64. The highest BCUT2D eigenvalue weighted by molar-refractivity contribution is 7.93. The van der Waals surface area contributed by atoms with Gasteiger partial charge in [0.1, 0.15) is 16.2 Å². The minimum atomic E-state index is -4.14. The quantitative estimate of drug-likeness (QED) is 0.758. The van der Waals surface area contributed by atoms with Crippen molar-refractivity contribution in [2.75, 3.05) is 4.72 Å². The van der Waals surface area contributed by atoms with Gasteiger partial charge in [0.05, 0.1) is 10.0 Å².